The van der Waals surface area contributed by atoms with Gasteiger partial charge in [-0.1, -0.05) is 34.8 Å². The van der Waals surface area contributed by atoms with Crippen molar-refractivity contribution >= 4 is 46.4 Å². The van der Waals surface area contributed by atoms with Crippen molar-refractivity contribution in [2.24, 2.45) is 0 Å². The van der Waals surface area contributed by atoms with E-state index in [4.69, 9.17) is 46.4 Å². The smallest absolute Gasteiger partial charge is 0.171 e. The summed E-state index contributed by atoms with van der Waals surface area (Å²) in [5.41, 5.74) is 0. The van der Waals surface area contributed by atoms with Gasteiger partial charge >= 0.3 is 0 Å². The van der Waals surface area contributed by atoms with Gasteiger partial charge in [-0.05, 0) is 0 Å². The first-order valence-corrected chi connectivity index (χ1v) is 3.97. The molecule has 0 aliphatic rings. The van der Waals surface area contributed by atoms with Gasteiger partial charge in [0.2, 0.25) is 0 Å². The first-order chi connectivity index (χ1) is 4.66. The van der Waals surface area contributed by atoms with E-state index in [2.05, 4.69) is 5.10 Å². The van der Waals surface area contributed by atoms with Gasteiger partial charge in [0.05, 0.1) is 0 Å². The fourth-order valence-electron chi connectivity index (χ4n) is 0.471. The first kappa shape index (κ1) is 8.47. The van der Waals surface area contributed by atoms with E-state index in [0.717, 1.165) is 0 Å². The lowest BCUT2D eigenvalue weighted by Gasteiger charge is -1.91. The van der Waals surface area contributed by atoms with Crippen molar-refractivity contribution < 1.29 is 0 Å². The van der Waals surface area contributed by atoms with Crippen LogP contribution in [0.4, 0.5) is 0 Å². The molecule has 0 saturated heterocycles. The molecule has 0 atom stereocenters. The Morgan fingerprint density at radius 3 is 2.10 bits per heavy atom. The highest BCUT2D eigenvalue weighted by molar-refractivity contribution is 6.47. The number of alkyl halides is 1. The second kappa shape index (κ2) is 3.18. The third kappa shape index (κ3) is 1.35. The van der Waals surface area contributed by atoms with Crippen LogP contribution in [0.1, 0.15) is 0 Å². The molecule has 0 fully saturated rings. The number of hydrogen-bond donors (Lipinski definition) is 0. The summed E-state index contributed by atoms with van der Waals surface area (Å²) in [4.78, 5) is 0. The van der Waals surface area contributed by atoms with E-state index in [1.165, 1.54) is 4.68 Å². The predicted octanol–water partition coefficient (Wildman–Crippen LogP) is 3.04. The standard InChI is InChI=1S/C4H2Cl4N2/c5-1-10-4(8)2(6)3(7)9-10/h1H2. The molecule has 1 rings (SSSR count). The molecule has 0 saturated carbocycles. The predicted molar refractivity (Wildman–Crippen MR) is 43.1 cm³/mol. The molecule has 0 aliphatic carbocycles. The minimum Gasteiger partial charge on any atom is -0.236 e. The van der Waals surface area contributed by atoms with Crippen LogP contribution in [0, 0.1) is 0 Å². The van der Waals surface area contributed by atoms with Crippen molar-refractivity contribution in [1.29, 1.82) is 0 Å². The summed E-state index contributed by atoms with van der Waals surface area (Å²) < 4.78 is 1.30. The molecule has 2 nitrogen and oxygen atoms in total. The van der Waals surface area contributed by atoms with Crippen molar-refractivity contribution in [1.82, 2.24) is 9.78 Å². The monoisotopic (exact) mass is 218 g/mol. The van der Waals surface area contributed by atoms with Crippen LogP contribution in [0.25, 0.3) is 0 Å². The van der Waals surface area contributed by atoms with Crippen molar-refractivity contribution in [3.05, 3.63) is 15.3 Å². The van der Waals surface area contributed by atoms with Gasteiger partial charge in [-0.3, -0.25) is 0 Å². The second-order valence-corrected chi connectivity index (χ2v) is 2.85. The zero-order valence-electron chi connectivity index (χ0n) is 4.61. The largest absolute Gasteiger partial charge is 0.236 e. The van der Waals surface area contributed by atoms with E-state index in [1.54, 1.807) is 0 Å². The van der Waals surface area contributed by atoms with Crippen LogP contribution in [-0.2, 0) is 6.00 Å². The maximum atomic E-state index is 5.61. The van der Waals surface area contributed by atoms with Gasteiger partial charge in [0.15, 0.2) is 5.15 Å². The molecule has 56 valence electrons. The Morgan fingerprint density at radius 2 is 1.90 bits per heavy atom. The number of rotatable bonds is 1. The molecule has 0 radical (unpaired) electrons. The lowest BCUT2D eigenvalue weighted by Crippen LogP contribution is -1.92. The molecular weight excluding hydrogens is 218 g/mol. The number of halogens is 4. The second-order valence-electron chi connectivity index (χ2n) is 1.51. The molecule has 10 heavy (non-hydrogen) atoms. The van der Waals surface area contributed by atoms with E-state index in [1.807, 2.05) is 0 Å². The summed E-state index contributed by atoms with van der Waals surface area (Å²) in [7, 11) is 0. The fourth-order valence-corrected chi connectivity index (χ4v) is 1.26. The van der Waals surface area contributed by atoms with Gasteiger partial charge in [-0.2, -0.15) is 5.10 Å². The minimum absolute atomic E-state index is 0.144. The summed E-state index contributed by atoms with van der Waals surface area (Å²) in [5, 5.41) is 4.39. The summed E-state index contributed by atoms with van der Waals surface area (Å²) in [6.07, 6.45) is 0. The fraction of sp³-hybridized carbons (Fsp3) is 0.250. The molecular formula is C4H2Cl4N2. The summed E-state index contributed by atoms with van der Waals surface area (Å²) >= 11 is 22.1. The zero-order valence-corrected chi connectivity index (χ0v) is 7.64. The van der Waals surface area contributed by atoms with Crippen LogP contribution in [0.5, 0.6) is 0 Å². The van der Waals surface area contributed by atoms with E-state index in [9.17, 15) is 0 Å². The van der Waals surface area contributed by atoms with Crippen LogP contribution in [0.2, 0.25) is 15.3 Å². The van der Waals surface area contributed by atoms with Crippen molar-refractivity contribution in [3.8, 4) is 0 Å². The molecule has 0 amide bonds. The van der Waals surface area contributed by atoms with E-state index in [-0.39, 0.29) is 21.3 Å². The Hall–Kier alpha value is 0.370. The SMILES string of the molecule is ClCn1nc(Cl)c(Cl)c1Cl. The molecule has 0 aliphatic heterocycles. The molecule has 0 bridgehead atoms. The Labute approximate surface area is 77.6 Å². The first-order valence-electron chi connectivity index (χ1n) is 2.30. The normalized spacial score (nSPS) is 10.4. The van der Waals surface area contributed by atoms with Crippen molar-refractivity contribution in [3.63, 3.8) is 0 Å². The van der Waals surface area contributed by atoms with Crippen molar-refractivity contribution in [2.45, 2.75) is 6.00 Å². The van der Waals surface area contributed by atoms with E-state index >= 15 is 0 Å². The molecule has 6 heteroatoms. The van der Waals surface area contributed by atoms with E-state index < -0.39 is 0 Å². The third-order valence-electron chi connectivity index (χ3n) is 0.911. The van der Waals surface area contributed by atoms with Crippen LogP contribution in [-0.4, -0.2) is 9.78 Å². The third-order valence-corrected chi connectivity index (χ3v) is 2.34. The number of nitrogens with zero attached hydrogens (tertiary/aromatic N) is 2. The van der Waals surface area contributed by atoms with Crippen LogP contribution in [0.3, 0.4) is 0 Å². The van der Waals surface area contributed by atoms with Gasteiger partial charge in [0.25, 0.3) is 0 Å². The van der Waals surface area contributed by atoms with Gasteiger partial charge in [0.1, 0.15) is 16.2 Å². The zero-order chi connectivity index (χ0) is 7.72. The summed E-state index contributed by atoms with van der Waals surface area (Å²) in [6.45, 7) is 0. The molecule has 0 unspecified atom stereocenters. The average molecular weight is 220 g/mol. The average Bonchev–Trinajstić information content (AvgIpc) is 2.17. The highest BCUT2D eigenvalue weighted by Crippen LogP contribution is 2.28. The molecule has 1 heterocycles. The highest BCUT2D eigenvalue weighted by Gasteiger charge is 2.10. The van der Waals surface area contributed by atoms with Gasteiger partial charge in [-0.25, -0.2) is 4.68 Å². The van der Waals surface area contributed by atoms with Crippen LogP contribution < -0.4 is 0 Å². The maximum Gasteiger partial charge on any atom is 0.171 e. The van der Waals surface area contributed by atoms with Crippen LogP contribution in [0.15, 0.2) is 0 Å². The molecule has 0 N–H and O–H groups in total. The minimum atomic E-state index is 0.144. The number of aromatic nitrogens is 2. The topological polar surface area (TPSA) is 17.8 Å². The Morgan fingerprint density at radius 1 is 1.30 bits per heavy atom. The van der Waals surface area contributed by atoms with E-state index in [0.29, 0.717) is 0 Å². The summed E-state index contributed by atoms with van der Waals surface area (Å²) in [6, 6.07) is 0.144. The molecule has 1 aromatic rings. The molecule has 1 aromatic heterocycles. The number of hydrogen-bond acceptors (Lipinski definition) is 1. The van der Waals surface area contributed by atoms with Crippen LogP contribution >= 0.6 is 46.4 Å². The molecule has 0 spiro atoms. The van der Waals surface area contributed by atoms with Gasteiger partial charge < -0.3 is 0 Å². The van der Waals surface area contributed by atoms with Crippen molar-refractivity contribution in [2.75, 3.05) is 0 Å². The highest BCUT2D eigenvalue weighted by atomic mass is 35.5. The Kier molecular flexibility index (Phi) is 2.69. The lowest BCUT2D eigenvalue weighted by atomic mass is 10.7. The summed E-state index contributed by atoms with van der Waals surface area (Å²) in [5.74, 6) is 0. The molecule has 0 aromatic carbocycles. The lowest BCUT2D eigenvalue weighted by molar-refractivity contribution is 0.745. The van der Waals surface area contributed by atoms with Gasteiger partial charge in [0, 0.05) is 0 Å². The Bertz CT molecular complexity index is 244. The quantitative estimate of drug-likeness (QED) is 0.665. The Balaban J connectivity index is 3.17. The van der Waals surface area contributed by atoms with Gasteiger partial charge in [-0.15, -0.1) is 11.6 Å². The maximum absolute atomic E-state index is 5.61.